The maximum absolute atomic E-state index is 12.6. The highest BCUT2D eigenvalue weighted by atomic mass is 19.4. The molecule has 1 nitrogen and oxygen atoms in total. The molecule has 0 fully saturated rings. The van der Waals surface area contributed by atoms with Crippen molar-refractivity contribution in [1.29, 1.82) is 0 Å². The van der Waals surface area contributed by atoms with Gasteiger partial charge in [-0.1, -0.05) is 48.5 Å². The molecule has 0 aromatic heterocycles. The Hall–Kier alpha value is -1.81. The first-order valence-electron chi connectivity index (χ1n) is 6.41. The van der Waals surface area contributed by atoms with E-state index in [1.165, 1.54) is 12.1 Å². The van der Waals surface area contributed by atoms with Crippen molar-refractivity contribution >= 4 is 0 Å². The number of hydrogen-bond donors (Lipinski definition) is 1. The van der Waals surface area contributed by atoms with Crippen LogP contribution in [0.5, 0.6) is 0 Å². The lowest BCUT2D eigenvalue weighted by Crippen LogP contribution is -2.18. The molecule has 0 spiro atoms. The van der Waals surface area contributed by atoms with Gasteiger partial charge in [-0.3, -0.25) is 0 Å². The fourth-order valence-corrected chi connectivity index (χ4v) is 1.99. The molecule has 2 aromatic rings. The molecular weight excluding hydrogens is 263 g/mol. The molecule has 0 aliphatic heterocycles. The summed E-state index contributed by atoms with van der Waals surface area (Å²) in [5.74, 6) is 0. The zero-order chi connectivity index (χ0) is 14.6. The Morgan fingerprint density at radius 2 is 1.70 bits per heavy atom. The molecule has 0 bridgehead atoms. The van der Waals surface area contributed by atoms with Gasteiger partial charge in [0, 0.05) is 12.6 Å². The molecule has 4 heteroatoms. The van der Waals surface area contributed by atoms with Crippen molar-refractivity contribution in [2.45, 2.75) is 25.7 Å². The summed E-state index contributed by atoms with van der Waals surface area (Å²) >= 11 is 0. The number of rotatable bonds is 4. The van der Waals surface area contributed by atoms with E-state index in [0.29, 0.717) is 12.1 Å². The summed E-state index contributed by atoms with van der Waals surface area (Å²) in [6.07, 6.45) is -4.29. The minimum absolute atomic E-state index is 0.0887. The molecule has 0 heterocycles. The molecule has 1 N–H and O–H groups in total. The van der Waals surface area contributed by atoms with Crippen molar-refractivity contribution in [1.82, 2.24) is 5.32 Å². The van der Waals surface area contributed by atoms with Crippen LogP contribution in [-0.2, 0) is 12.7 Å². The summed E-state index contributed by atoms with van der Waals surface area (Å²) in [5, 5.41) is 3.23. The molecule has 106 valence electrons. The molecule has 0 saturated carbocycles. The predicted molar refractivity (Wildman–Crippen MR) is 73.1 cm³/mol. The number of hydrogen-bond acceptors (Lipinski definition) is 1. The molecule has 0 aliphatic rings. The third-order valence-electron chi connectivity index (χ3n) is 3.17. The van der Waals surface area contributed by atoms with Gasteiger partial charge < -0.3 is 5.32 Å². The predicted octanol–water partition coefficient (Wildman–Crippen LogP) is 4.56. The largest absolute Gasteiger partial charge is 0.416 e. The van der Waals surface area contributed by atoms with Crippen molar-refractivity contribution in [2.24, 2.45) is 0 Å². The van der Waals surface area contributed by atoms with Gasteiger partial charge in [0.05, 0.1) is 5.56 Å². The third-order valence-corrected chi connectivity index (χ3v) is 3.17. The number of halogens is 3. The lowest BCUT2D eigenvalue weighted by Gasteiger charge is -2.15. The standard InChI is InChI=1S/C16H16F3N/c1-12(14-7-3-2-4-8-14)20-11-13-6-5-9-15(10-13)16(17,18)19/h2-10,12,20H,11H2,1H3/t12-/m0/s1. The molecule has 2 rings (SSSR count). The van der Waals surface area contributed by atoms with Crippen molar-refractivity contribution in [3.05, 3.63) is 71.3 Å². The molecule has 0 saturated heterocycles. The first kappa shape index (κ1) is 14.6. The smallest absolute Gasteiger partial charge is 0.306 e. The van der Waals surface area contributed by atoms with Gasteiger partial charge in [0.15, 0.2) is 0 Å². The normalized spacial score (nSPS) is 13.2. The second-order valence-corrected chi connectivity index (χ2v) is 4.71. The average molecular weight is 279 g/mol. The molecular formula is C16H16F3N. The zero-order valence-corrected chi connectivity index (χ0v) is 11.1. The van der Waals surface area contributed by atoms with Gasteiger partial charge in [0.2, 0.25) is 0 Å². The van der Waals surface area contributed by atoms with Crippen LogP contribution in [0.4, 0.5) is 13.2 Å². The number of benzene rings is 2. The first-order valence-corrected chi connectivity index (χ1v) is 6.41. The quantitative estimate of drug-likeness (QED) is 0.865. The van der Waals surface area contributed by atoms with Crippen molar-refractivity contribution in [3.63, 3.8) is 0 Å². The summed E-state index contributed by atoms with van der Waals surface area (Å²) in [4.78, 5) is 0. The molecule has 2 aromatic carbocycles. The van der Waals surface area contributed by atoms with E-state index in [9.17, 15) is 13.2 Å². The van der Waals surface area contributed by atoms with Gasteiger partial charge in [-0.25, -0.2) is 0 Å². The molecule has 0 unspecified atom stereocenters. The lowest BCUT2D eigenvalue weighted by molar-refractivity contribution is -0.137. The Labute approximate surface area is 116 Å². The van der Waals surface area contributed by atoms with Crippen molar-refractivity contribution < 1.29 is 13.2 Å². The highest BCUT2D eigenvalue weighted by molar-refractivity contribution is 5.26. The van der Waals surface area contributed by atoms with Crippen LogP contribution in [0.2, 0.25) is 0 Å². The van der Waals surface area contributed by atoms with E-state index in [1.54, 1.807) is 6.07 Å². The van der Waals surface area contributed by atoms with Gasteiger partial charge in [0.25, 0.3) is 0 Å². The van der Waals surface area contributed by atoms with Gasteiger partial charge in [-0.15, -0.1) is 0 Å². The molecule has 0 radical (unpaired) electrons. The lowest BCUT2D eigenvalue weighted by atomic mass is 10.1. The molecule has 0 amide bonds. The second-order valence-electron chi connectivity index (χ2n) is 4.71. The maximum Gasteiger partial charge on any atom is 0.416 e. The van der Waals surface area contributed by atoms with E-state index in [4.69, 9.17) is 0 Å². The third kappa shape index (κ3) is 3.84. The van der Waals surface area contributed by atoms with Gasteiger partial charge in [-0.05, 0) is 24.1 Å². The Bertz CT molecular complexity index is 549. The van der Waals surface area contributed by atoms with Gasteiger partial charge >= 0.3 is 6.18 Å². The zero-order valence-electron chi connectivity index (χ0n) is 11.1. The number of alkyl halides is 3. The van der Waals surface area contributed by atoms with Crippen molar-refractivity contribution in [2.75, 3.05) is 0 Å². The highest BCUT2D eigenvalue weighted by Crippen LogP contribution is 2.29. The molecule has 1 atom stereocenters. The molecule has 0 aliphatic carbocycles. The van der Waals surface area contributed by atoms with Crippen LogP contribution in [-0.4, -0.2) is 0 Å². The fourth-order valence-electron chi connectivity index (χ4n) is 1.99. The topological polar surface area (TPSA) is 12.0 Å². The van der Waals surface area contributed by atoms with E-state index >= 15 is 0 Å². The Kier molecular flexibility index (Phi) is 4.45. The van der Waals surface area contributed by atoms with Crippen LogP contribution in [0.15, 0.2) is 54.6 Å². The SMILES string of the molecule is C[C@H](NCc1cccc(C(F)(F)F)c1)c1ccccc1. The number of nitrogens with one attached hydrogen (secondary N) is 1. The van der Waals surface area contributed by atoms with Crippen LogP contribution in [0.1, 0.15) is 29.7 Å². The van der Waals surface area contributed by atoms with Gasteiger partial charge in [0.1, 0.15) is 0 Å². The highest BCUT2D eigenvalue weighted by Gasteiger charge is 2.30. The summed E-state index contributed by atoms with van der Waals surface area (Å²) in [5.41, 5.74) is 1.13. The summed E-state index contributed by atoms with van der Waals surface area (Å²) in [6.45, 7) is 2.39. The van der Waals surface area contributed by atoms with Crippen LogP contribution in [0.3, 0.4) is 0 Å². The van der Waals surface area contributed by atoms with E-state index < -0.39 is 11.7 Å². The first-order chi connectivity index (χ1) is 9.47. The molecule has 20 heavy (non-hydrogen) atoms. The van der Waals surface area contributed by atoms with Crippen LogP contribution >= 0.6 is 0 Å². The van der Waals surface area contributed by atoms with Crippen LogP contribution in [0, 0.1) is 0 Å². The monoisotopic (exact) mass is 279 g/mol. The minimum atomic E-state index is -4.29. The Morgan fingerprint density at radius 3 is 2.35 bits per heavy atom. The maximum atomic E-state index is 12.6. The second kappa shape index (κ2) is 6.09. The van der Waals surface area contributed by atoms with E-state index in [2.05, 4.69) is 5.32 Å². The van der Waals surface area contributed by atoms with Crippen molar-refractivity contribution in [3.8, 4) is 0 Å². The summed E-state index contributed by atoms with van der Waals surface area (Å²) in [6, 6.07) is 15.3. The Morgan fingerprint density at radius 1 is 1.00 bits per heavy atom. The minimum Gasteiger partial charge on any atom is -0.306 e. The average Bonchev–Trinajstić information content (AvgIpc) is 2.45. The van der Waals surface area contributed by atoms with E-state index in [0.717, 1.165) is 11.6 Å². The summed E-state index contributed by atoms with van der Waals surface area (Å²) < 4.78 is 37.8. The van der Waals surface area contributed by atoms with E-state index in [1.807, 2.05) is 37.3 Å². The van der Waals surface area contributed by atoms with Crippen LogP contribution < -0.4 is 5.32 Å². The van der Waals surface area contributed by atoms with E-state index in [-0.39, 0.29) is 6.04 Å². The summed E-state index contributed by atoms with van der Waals surface area (Å²) in [7, 11) is 0. The fraction of sp³-hybridized carbons (Fsp3) is 0.250. The Balaban J connectivity index is 2.01. The van der Waals surface area contributed by atoms with Gasteiger partial charge in [-0.2, -0.15) is 13.2 Å². The van der Waals surface area contributed by atoms with Crippen LogP contribution in [0.25, 0.3) is 0 Å².